The molecule has 1 aromatic heterocycles. The third-order valence-corrected chi connectivity index (χ3v) is 2.37. The number of aromatic amines is 1. The van der Waals surface area contributed by atoms with Gasteiger partial charge in [-0.25, -0.2) is 9.78 Å². The number of aliphatic carboxylic acids is 1. The number of carboxylic acids is 1. The van der Waals surface area contributed by atoms with E-state index < -0.39 is 5.97 Å². The molecule has 0 fully saturated rings. The van der Waals surface area contributed by atoms with Gasteiger partial charge in [-0.05, 0) is 6.92 Å². The first-order valence-corrected chi connectivity index (χ1v) is 5.72. The zero-order valence-corrected chi connectivity index (χ0v) is 10.2. The van der Waals surface area contributed by atoms with Crippen molar-refractivity contribution in [1.82, 2.24) is 25.4 Å². The fourth-order valence-electron chi connectivity index (χ4n) is 1.38. The minimum Gasteiger partial charge on any atom is -0.481 e. The van der Waals surface area contributed by atoms with Crippen molar-refractivity contribution in [3.63, 3.8) is 0 Å². The maximum atomic E-state index is 11.7. The topological polar surface area (TPSA) is 111 Å². The van der Waals surface area contributed by atoms with E-state index >= 15 is 0 Å². The van der Waals surface area contributed by atoms with Gasteiger partial charge in [0.25, 0.3) is 0 Å². The van der Waals surface area contributed by atoms with E-state index in [1.807, 2.05) is 0 Å². The molecule has 2 amide bonds. The Morgan fingerprint density at radius 1 is 1.56 bits per heavy atom. The zero-order valence-electron chi connectivity index (χ0n) is 10.2. The molecule has 0 aliphatic heterocycles. The number of H-pyrrole nitrogens is 1. The Hall–Kier alpha value is -2.12. The van der Waals surface area contributed by atoms with Gasteiger partial charge in [-0.2, -0.15) is 5.10 Å². The van der Waals surface area contributed by atoms with Crippen molar-refractivity contribution in [2.24, 2.45) is 0 Å². The highest BCUT2D eigenvalue weighted by atomic mass is 16.4. The monoisotopic (exact) mass is 255 g/mol. The fraction of sp³-hybridized carbons (Fsp3) is 0.600. The molecule has 1 rings (SSSR count). The first-order chi connectivity index (χ1) is 8.63. The number of carbonyl (C=O) groups is 2. The third kappa shape index (κ3) is 4.81. The SMILES string of the molecule is CCN(CCC(=O)O)C(=O)NCCc1ncn[nH]1. The Morgan fingerprint density at radius 2 is 2.33 bits per heavy atom. The van der Waals surface area contributed by atoms with Crippen LogP contribution in [0.25, 0.3) is 0 Å². The van der Waals surface area contributed by atoms with Gasteiger partial charge in [0.2, 0.25) is 0 Å². The molecule has 8 heteroatoms. The summed E-state index contributed by atoms with van der Waals surface area (Å²) in [6.07, 6.45) is 1.91. The molecule has 0 saturated heterocycles. The quantitative estimate of drug-likeness (QED) is 0.627. The number of nitrogens with one attached hydrogen (secondary N) is 2. The molecule has 18 heavy (non-hydrogen) atoms. The van der Waals surface area contributed by atoms with E-state index in [0.717, 1.165) is 0 Å². The number of urea groups is 1. The molecule has 0 aliphatic carbocycles. The van der Waals surface area contributed by atoms with Crippen molar-refractivity contribution < 1.29 is 14.7 Å². The number of amides is 2. The second kappa shape index (κ2) is 7.25. The highest BCUT2D eigenvalue weighted by Crippen LogP contribution is 1.93. The van der Waals surface area contributed by atoms with Gasteiger partial charge in [-0.1, -0.05) is 0 Å². The molecule has 0 unspecified atom stereocenters. The normalized spacial score (nSPS) is 10.1. The smallest absolute Gasteiger partial charge is 0.317 e. The van der Waals surface area contributed by atoms with Crippen LogP contribution in [-0.2, 0) is 11.2 Å². The number of nitrogens with zero attached hydrogens (tertiary/aromatic N) is 3. The maximum absolute atomic E-state index is 11.7. The number of rotatable bonds is 7. The lowest BCUT2D eigenvalue weighted by Gasteiger charge is -2.20. The molecule has 0 aromatic carbocycles. The van der Waals surface area contributed by atoms with Crippen molar-refractivity contribution in [2.45, 2.75) is 19.8 Å². The summed E-state index contributed by atoms with van der Waals surface area (Å²) in [5.41, 5.74) is 0. The van der Waals surface area contributed by atoms with E-state index in [4.69, 9.17) is 5.11 Å². The molecular weight excluding hydrogens is 238 g/mol. The summed E-state index contributed by atoms with van der Waals surface area (Å²) in [6.45, 7) is 2.91. The average Bonchev–Trinajstić information content (AvgIpc) is 2.82. The van der Waals surface area contributed by atoms with Crippen LogP contribution < -0.4 is 5.32 Å². The maximum Gasteiger partial charge on any atom is 0.317 e. The molecule has 3 N–H and O–H groups in total. The summed E-state index contributed by atoms with van der Waals surface area (Å²) in [7, 11) is 0. The van der Waals surface area contributed by atoms with Gasteiger partial charge in [-0.3, -0.25) is 9.89 Å². The van der Waals surface area contributed by atoms with E-state index in [1.54, 1.807) is 6.92 Å². The Bertz CT molecular complexity index is 379. The molecule has 0 saturated carbocycles. The van der Waals surface area contributed by atoms with Gasteiger partial charge in [0.15, 0.2) is 0 Å². The van der Waals surface area contributed by atoms with Crippen LogP contribution in [0.3, 0.4) is 0 Å². The second-order valence-corrected chi connectivity index (χ2v) is 3.64. The van der Waals surface area contributed by atoms with E-state index in [0.29, 0.717) is 25.3 Å². The predicted molar refractivity (Wildman–Crippen MR) is 63.0 cm³/mol. The highest BCUT2D eigenvalue weighted by Gasteiger charge is 2.12. The summed E-state index contributed by atoms with van der Waals surface area (Å²) >= 11 is 0. The predicted octanol–water partition coefficient (Wildman–Crippen LogP) is -0.147. The fourth-order valence-corrected chi connectivity index (χ4v) is 1.38. The summed E-state index contributed by atoms with van der Waals surface area (Å²) in [4.78, 5) is 27.5. The molecule has 1 aromatic rings. The third-order valence-electron chi connectivity index (χ3n) is 2.37. The number of hydrogen-bond donors (Lipinski definition) is 3. The first kappa shape index (κ1) is 13.9. The zero-order chi connectivity index (χ0) is 13.4. The molecule has 0 spiro atoms. The van der Waals surface area contributed by atoms with Gasteiger partial charge < -0.3 is 15.3 Å². The molecule has 0 radical (unpaired) electrons. The second-order valence-electron chi connectivity index (χ2n) is 3.64. The van der Waals surface area contributed by atoms with Crippen molar-refractivity contribution in [1.29, 1.82) is 0 Å². The van der Waals surface area contributed by atoms with E-state index in [2.05, 4.69) is 20.5 Å². The molecule has 1 heterocycles. The Morgan fingerprint density at radius 3 is 2.89 bits per heavy atom. The van der Waals surface area contributed by atoms with Gasteiger partial charge >= 0.3 is 12.0 Å². The average molecular weight is 255 g/mol. The van der Waals surface area contributed by atoms with Crippen LogP contribution in [0.2, 0.25) is 0 Å². The lowest BCUT2D eigenvalue weighted by Crippen LogP contribution is -2.41. The van der Waals surface area contributed by atoms with Crippen LogP contribution in [0.1, 0.15) is 19.2 Å². The first-order valence-electron chi connectivity index (χ1n) is 5.72. The molecule has 0 aliphatic rings. The van der Waals surface area contributed by atoms with Crippen LogP contribution in [0.5, 0.6) is 0 Å². The number of aromatic nitrogens is 3. The molecule has 0 atom stereocenters. The van der Waals surface area contributed by atoms with Gasteiger partial charge in [0, 0.05) is 26.1 Å². The molecule has 0 bridgehead atoms. The Labute approximate surface area is 104 Å². The highest BCUT2D eigenvalue weighted by molar-refractivity contribution is 5.75. The van der Waals surface area contributed by atoms with Crippen LogP contribution >= 0.6 is 0 Å². The summed E-state index contributed by atoms with van der Waals surface area (Å²) < 4.78 is 0. The van der Waals surface area contributed by atoms with Crippen LogP contribution in [0.15, 0.2) is 6.33 Å². The standard InChI is InChI=1S/C10H17N5O3/c1-2-15(6-4-9(16)17)10(18)11-5-3-8-12-7-13-14-8/h7H,2-6H2,1H3,(H,11,18)(H,16,17)(H,12,13,14). The number of carbonyl (C=O) groups excluding carboxylic acids is 1. The lowest BCUT2D eigenvalue weighted by molar-refractivity contribution is -0.137. The lowest BCUT2D eigenvalue weighted by atomic mass is 10.4. The summed E-state index contributed by atoms with van der Waals surface area (Å²) in [5.74, 6) is -0.216. The summed E-state index contributed by atoms with van der Waals surface area (Å²) in [5, 5.41) is 17.7. The van der Waals surface area contributed by atoms with Gasteiger partial charge in [0.1, 0.15) is 12.2 Å². The van der Waals surface area contributed by atoms with E-state index in [-0.39, 0.29) is 19.0 Å². The largest absolute Gasteiger partial charge is 0.481 e. The summed E-state index contributed by atoms with van der Waals surface area (Å²) in [6, 6.07) is -0.265. The van der Waals surface area contributed by atoms with Crippen molar-refractivity contribution in [3.05, 3.63) is 12.2 Å². The van der Waals surface area contributed by atoms with Crippen molar-refractivity contribution in [2.75, 3.05) is 19.6 Å². The van der Waals surface area contributed by atoms with E-state index in [9.17, 15) is 9.59 Å². The van der Waals surface area contributed by atoms with Crippen molar-refractivity contribution in [3.8, 4) is 0 Å². The molecule has 100 valence electrons. The number of carboxylic acid groups (broad SMARTS) is 1. The van der Waals surface area contributed by atoms with E-state index in [1.165, 1.54) is 11.2 Å². The minimum absolute atomic E-state index is 0.0522. The molecule has 8 nitrogen and oxygen atoms in total. The molecular formula is C10H17N5O3. The van der Waals surface area contributed by atoms with Gasteiger partial charge in [0.05, 0.1) is 6.42 Å². The minimum atomic E-state index is -0.914. The van der Waals surface area contributed by atoms with Crippen LogP contribution in [0.4, 0.5) is 4.79 Å². The van der Waals surface area contributed by atoms with Gasteiger partial charge in [-0.15, -0.1) is 0 Å². The van der Waals surface area contributed by atoms with Crippen LogP contribution in [0, 0.1) is 0 Å². The Kier molecular flexibility index (Phi) is 5.62. The van der Waals surface area contributed by atoms with Crippen molar-refractivity contribution >= 4 is 12.0 Å². The van der Waals surface area contributed by atoms with Crippen LogP contribution in [-0.4, -0.2) is 56.8 Å². The Balaban J connectivity index is 2.26. The number of hydrogen-bond acceptors (Lipinski definition) is 4.